The van der Waals surface area contributed by atoms with E-state index in [2.05, 4.69) is 13.8 Å². The van der Waals surface area contributed by atoms with Gasteiger partial charge in [-0.1, -0.05) is 181 Å². The summed E-state index contributed by atoms with van der Waals surface area (Å²) in [7, 11) is -5.00. The summed E-state index contributed by atoms with van der Waals surface area (Å²) in [6.45, 7) is 4.27. The van der Waals surface area contributed by atoms with E-state index in [0.29, 0.717) is 13.0 Å². The van der Waals surface area contributed by atoms with Crippen LogP contribution >= 0.6 is 7.82 Å². The van der Waals surface area contributed by atoms with Crippen LogP contribution in [0.3, 0.4) is 0 Å². The summed E-state index contributed by atoms with van der Waals surface area (Å²) in [5.41, 5.74) is 0. The van der Waals surface area contributed by atoms with Crippen LogP contribution in [0.4, 0.5) is 0 Å². The second kappa shape index (κ2) is 34.2. The second-order valence-electron chi connectivity index (χ2n) is 15.9. The van der Waals surface area contributed by atoms with Crippen molar-refractivity contribution in [3.63, 3.8) is 0 Å². The molecule has 13 heteroatoms. The summed E-state index contributed by atoms with van der Waals surface area (Å²) in [6.07, 6.45) is 21.8. The average molecular weight is 811 g/mol. The minimum Gasteiger partial charge on any atom is -0.457 e. The molecule has 1 saturated carbocycles. The van der Waals surface area contributed by atoms with E-state index in [9.17, 15) is 39.8 Å². The van der Waals surface area contributed by atoms with Crippen LogP contribution in [0.5, 0.6) is 0 Å². The van der Waals surface area contributed by atoms with Crippen LogP contribution in [-0.4, -0.2) is 98.9 Å². The maximum Gasteiger partial charge on any atom is 0.472 e. The van der Waals surface area contributed by atoms with Gasteiger partial charge in [0, 0.05) is 13.0 Å². The second-order valence-corrected chi connectivity index (χ2v) is 17.3. The fourth-order valence-corrected chi connectivity index (χ4v) is 8.09. The molecule has 0 spiro atoms. The SMILES string of the molecule is CCCCCCCCCCCCCCCCCCCOCC(COP(=O)(O)OC1C(O)C(O)C(O)C(O)C1O)OC(=O)CCCCCCCCCCCCC. The molecule has 1 rings (SSSR count). The van der Waals surface area contributed by atoms with Crippen molar-refractivity contribution in [2.45, 2.75) is 243 Å². The van der Waals surface area contributed by atoms with Crippen LogP contribution in [0.15, 0.2) is 0 Å². The van der Waals surface area contributed by atoms with Crippen molar-refractivity contribution in [1.29, 1.82) is 0 Å². The first-order chi connectivity index (χ1) is 26.5. The topological polar surface area (TPSA) is 192 Å². The molecule has 1 fully saturated rings. The largest absolute Gasteiger partial charge is 0.472 e. The highest BCUT2D eigenvalue weighted by molar-refractivity contribution is 7.47. The van der Waals surface area contributed by atoms with E-state index in [1.807, 2.05) is 0 Å². The molecule has 1 aliphatic rings. The Kier molecular flexibility index (Phi) is 32.6. The summed E-state index contributed by atoms with van der Waals surface area (Å²) < 4.78 is 34.1. The van der Waals surface area contributed by atoms with E-state index in [-0.39, 0.29) is 13.0 Å². The predicted molar refractivity (Wildman–Crippen MR) is 217 cm³/mol. The number of aliphatic hydroxyl groups excluding tert-OH is 5. The summed E-state index contributed by atoms with van der Waals surface area (Å²) >= 11 is 0. The summed E-state index contributed by atoms with van der Waals surface area (Å²) in [4.78, 5) is 23.1. The molecule has 55 heavy (non-hydrogen) atoms. The van der Waals surface area contributed by atoms with Crippen LogP contribution < -0.4 is 0 Å². The lowest BCUT2D eigenvalue weighted by Gasteiger charge is -2.41. The summed E-state index contributed by atoms with van der Waals surface area (Å²) in [5.74, 6) is -0.474. The molecular formula is C42H83O12P. The number of esters is 1. The van der Waals surface area contributed by atoms with Crippen molar-refractivity contribution >= 4 is 13.8 Å². The van der Waals surface area contributed by atoms with Crippen molar-refractivity contribution < 1.29 is 58.3 Å². The number of hydrogen-bond donors (Lipinski definition) is 6. The van der Waals surface area contributed by atoms with E-state index >= 15 is 0 Å². The van der Waals surface area contributed by atoms with Gasteiger partial charge in [-0.3, -0.25) is 13.8 Å². The van der Waals surface area contributed by atoms with E-state index in [1.54, 1.807) is 0 Å². The smallest absolute Gasteiger partial charge is 0.457 e. The first-order valence-corrected chi connectivity index (χ1v) is 23.9. The van der Waals surface area contributed by atoms with Gasteiger partial charge >= 0.3 is 13.8 Å². The molecule has 6 N–H and O–H groups in total. The Labute approximate surface area is 334 Å². The Hall–Kier alpha value is -0.660. The maximum atomic E-state index is 12.8. The molecule has 0 saturated heterocycles. The number of phosphoric ester groups is 1. The van der Waals surface area contributed by atoms with Gasteiger partial charge in [0.25, 0.3) is 0 Å². The van der Waals surface area contributed by atoms with Crippen LogP contribution in [0.25, 0.3) is 0 Å². The molecule has 12 nitrogen and oxygen atoms in total. The number of carbonyl (C=O) groups excluding carboxylic acids is 1. The van der Waals surface area contributed by atoms with Gasteiger partial charge in [0.15, 0.2) is 0 Å². The normalized spacial score (nSPS) is 23.1. The third kappa shape index (κ3) is 26.9. The number of ether oxygens (including phenoxy) is 2. The minimum absolute atomic E-state index is 0.0683. The van der Waals surface area contributed by atoms with Gasteiger partial charge in [-0.2, -0.15) is 0 Å². The Balaban J connectivity index is 2.37. The lowest BCUT2D eigenvalue weighted by atomic mass is 9.85. The van der Waals surface area contributed by atoms with Crippen molar-refractivity contribution in [1.82, 2.24) is 0 Å². The van der Waals surface area contributed by atoms with Crippen LogP contribution in [0.1, 0.15) is 200 Å². The minimum atomic E-state index is -5.00. The highest BCUT2D eigenvalue weighted by Gasteiger charge is 2.51. The molecule has 0 heterocycles. The molecule has 0 aliphatic heterocycles. The van der Waals surface area contributed by atoms with Crippen molar-refractivity contribution in [3.8, 4) is 0 Å². The molecule has 6 atom stereocenters. The van der Waals surface area contributed by atoms with Gasteiger partial charge < -0.3 is 39.9 Å². The maximum absolute atomic E-state index is 12.8. The standard InChI is InChI=1S/C42H83O12P/c1-3-5-7-9-11-13-15-16-17-18-19-20-22-24-26-28-30-32-51-33-35(53-36(43)31-29-27-25-23-21-14-12-10-8-6-4-2)34-52-55(49,50)54-42-40(47)38(45)37(44)39(46)41(42)48/h35,37-42,44-48H,3-34H2,1-2H3,(H,49,50). The van der Waals surface area contributed by atoms with Crippen molar-refractivity contribution in [2.75, 3.05) is 19.8 Å². The van der Waals surface area contributed by atoms with E-state index in [0.717, 1.165) is 38.5 Å². The number of aliphatic hydroxyl groups is 5. The van der Waals surface area contributed by atoms with Crippen LogP contribution in [0, 0.1) is 0 Å². The number of rotatable bonds is 38. The molecule has 0 radical (unpaired) electrons. The highest BCUT2D eigenvalue weighted by atomic mass is 31.2. The number of unbranched alkanes of at least 4 members (excludes halogenated alkanes) is 26. The predicted octanol–water partition coefficient (Wildman–Crippen LogP) is 8.59. The zero-order valence-corrected chi connectivity index (χ0v) is 35.6. The zero-order chi connectivity index (χ0) is 40.6. The monoisotopic (exact) mass is 811 g/mol. The fourth-order valence-electron chi connectivity index (χ4n) is 7.12. The van der Waals surface area contributed by atoms with E-state index < -0.39 is 63.1 Å². The van der Waals surface area contributed by atoms with Gasteiger partial charge in [-0.25, -0.2) is 4.57 Å². The van der Waals surface area contributed by atoms with Gasteiger partial charge in [0.1, 0.15) is 42.7 Å². The summed E-state index contributed by atoms with van der Waals surface area (Å²) in [5, 5.41) is 50.1. The molecule has 0 amide bonds. The lowest BCUT2D eigenvalue weighted by Crippen LogP contribution is -2.64. The van der Waals surface area contributed by atoms with Crippen molar-refractivity contribution in [3.05, 3.63) is 0 Å². The highest BCUT2D eigenvalue weighted by Crippen LogP contribution is 2.47. The third-order valence-corrected chi connectivity index (χ3v) is 11.7. The van der Waals surface area contributed by atoms with Crippen LogP contribution in [-0.2, 0) is 27.9 Å². The Morgan fingerprint density at radius 1 is 0.509 bits per heavy atom. The number of hydrogen-bond acceptors (Lipinski definition) is 11. The molecule has 0 bridgehead atoms. The molecule has 6 unspecified atom stereocenters. The zero-order valence-electron chi connectivity index (χ0n) is 34.7. The molecule has 0 aromatic heterocycles. The van der Waals surface area contributed by atoms with Gasteiger partial charge in [0.05, 0.1) is 13.2 Å². The van der Waals surface area contributed by atoms with Crippen LogP contribution in [0.2, 0.25) is 0 Å². The Morgan fingerprint density at radius 2 is 0.855 bits per heavy atom. The van der Waals surface area contributed by atoms with Gasteiger partial charge in [-0.15, -0.1) is 0 Å². The van der Waals surface area contributed by atoms with Gasteiger partial charge in [-0.05, 0) is 12.8 Å². The van der Waals surface area contributed by atoms with E-state index in [4.69, 9.17) is 18.5 Å². The number of phosphoric acid groups is 1. The molecule has 328 valence electrons. The van der Waals surface area contributed by atoms with E-state index in [1.165, 1.54) is 135 Å². The first-order valence-electron chi connectivity index (χ1n) is 22.4. The molecule has 1 aliphatic carbocycles. The Morgan fingerprint density at radius 3 is 1.25 bits per heavy atom. The van der Waals surface area contributed by atoms with Gasteiger partial charge in [0.2, 0.25) is 0 Å². The van der Waals surface area contributed by atoms with Crippen molar-refractivity contribution in [2.24, 2.45) is 0 Å². The first kappa shape index (κ1) is 52.4. The lowest BCUT2D eigenvalue weighted by molar-refractivity contribution is -0.220. The third-order valence-electron chi connectivity index (χ3n) is 10.7. The Bertz CT molecular complexity index is 926. The average Bonchev–Trinajstić information content (AvgIpc) is 3.17. The molecular weight excluding hydrogens is 727 g/mol. The number of carbonyl (C=O) groups is 1. The summed E-state index contributed by atoms with van der Waals surface area (Å²) in [6, 6.07) is 0. The molecule has 0 aromatic carbocycles. The quantitative estimate of drug-likeness (QED) is 0.0198. The fraction of sp³-hybridized carbons (Fsp3) is 0.976. The molecule has 0 aromatic rings.